The number of amides is 1. The molecule has 1 heterocycles. The third-order valence-electron chi connectivity index (χ3n) is 3.34. The molecular formula is C13H18BrN3O. The van der Waals surface area contributed by atoms with E-state index in [1.807, 2.05) is 11.0 Å². The summed E-state index contributed by atoms with van der Waals surface area (Å²) in [6.07, 6.45) is 0. The summed E-state index contributed by atoms with van der Waals surface area (Å²) in [5.74, 6) is 0.0226. The Hall–Kier alpha value is -1.07. The fourth-order valence-corrected chi connectivity index (χ4v) is 2.67. The molecule has 0 saturated carbocycles. The zero-order valence-corrected chi connectivity index (χ0v) is 12.3. The maximum absolute atomic E-state index is 12.5. The molecule has 1 aromatic carbocycles. The van der Waals surface area contributed by atoms with Gasteiger partial charge in [0.05, 0.1) is 5.56 Å². The van der Waals surface area contributed by atoms with Gasteiger partial charge in [0.15, 0.2) is 0 Å². The minimum atomic E-state index is 0.0226. The molecule has 1 fully saturated rings. The number of carbonyl (C=O) groups excluding carboxylic acids is 1. The highest BCUT2D eigenvalue weighted by Crippen LogP contribution is 2.22. The van der Waals surface area contributed by atoms with Crippen LogP contribution in [-0.4, -0.2) is 48.4 Å². The van der Waals surface area contributed by atoms with Gasteiger partial charge >= 0.3 is 0 Å². The fraction of sp³-hybridized carbons (Fsp3) is 0.462. The van der Waals surface area contributed by atoms with E-state index in [0.29, 0.717) is 11.3 Å². The van der Waals surface area contributed by atoms with Gasteiger partial charge in [0.1, 0.15) is 0 Å². The summed E-state index contributed by atoms with van der Waals surface area (Å²) in [7, 11) is 2.08. The van der Waals surface area contributed by atoms with Crippen molar-refractivity contribution in [2.75, 3.05) is 32.4 Å². The van der Waals surface area contributed by atoms with Crippen molar-refractivity contribution in [1.82, 2.24) is 9.80 Å². The molecule has 0 bridgehead atoms. The van der Waals surface area contributed by atoms with Gasteiger partial charge in [-0.15, -0.1) is 0 Å². The maximum atomic E-state index is 12.5. The maximum Gasteiger partial charge on any atom is 0.256 e. The highest BCUT2D eigenvalue weighted by molar-refractivity contribution is 9.10. The summed E-state index contributed by atoms with van der Waals surface area (Å²) in [5.41, 5.74) is 7.01. The van der Waals surface area contributed by atoms with Crippen molar-refractivity contribution in [2.24, 2.45) is 0 Å². The molecule has 1 aliphatic heterocycles. The number of anilines is 1. The van der Waals surface area contributed by atoms with Crippen molar-refractivity contribution in [3.05, 3.63) is 28.2 Å². The molecule has 0 spiro atoms. The molecule has 0 aliphatic carbocycles. The van der Waals surface area contributed by atoms with E-state index >= 15 is 0 Å². The third-order valence-corrected chi connectivity index (χ3v) is 3.83. The van der Waals surface area contributed by atoms with Crippen molar-refractivity contribution in [2.45, 2.75) is 13.0 Å². The number of nitrogen functional groups attached to an aromatic ring is 1. The lowest BCUT2D eigenvalue weighted by Gasteiger charge is -2.38. The molecule has 5 heteroatoms. The summed E-state index contributed by atoms with van der Waals surface area (Å²) in [6.45, 7) is 4.63. The Morgan fingerprint density at radius 1 is 1.44 bits per heavy atom. The Bertz CT molecular complexity index is 464. The zero-order valence-electron chi connectivity index (χ0n) is 10.7. The van der Waals surface area contributed by atoms with Crippen LogP contribution in [0, 0.1) is 0 Å². The van der Waals surface area contributed by atoms with Crippen LogP contribution < -0.4 is 5.73 Å². The second-order valence-corrected chi connectivity index (χ2v) is 5.76. The summed E-state index contributed by atoms with van der Waals surface area (Å²) in [5, 5.41) is 0. The Morgan fingerprint density at radius 2 is 2.17 bits per heavy atom. The molecule has 2 rings (SSSR count). The van der Waals surface area contributed by atoms with Crippen molar-refractivity contribution in [1.29, 1.82) is 0 Å². The lowest BCUT2D eigenvalue weighted by molar-refractivity contribution is 0.0534. The molecule has 98 valence electrons. The van der Waals surface area contributed by atoms with E-state index in [1.54, 1.807) is 12.1 Å². The summed E-state index contributed by atoms with van der Waals surface area (Å²) < 4.78 is 0.877. The standard InChI is InChI=1S/C13H18BrN3O/c1-9-8-16(2)5-6-17(9)13(18)11-7-10(14)3-4-12(11)15/h3-4,7,9H,5-6,8,15H2,1-2H3. The molecular weight excluding hydrogens is 294 g/mol. The smallest absolute Gasteiger partial charge is 0.256 e. The van der Waals surface area contributed by atoms with E-state index in [-0.39, 0.29) is 11.9 Å². The molecule has 1 saturated heterocycles. The van der Waals surface area contributed by atoms with Gasteiger partial charge in [-0.25, -0.2) is 0 Å². The number of hydrogen-bond acceptors (Lipinski definition) is 3. The molecule has 1 atom stereocenters. The van der Waals surface area contributed by atoms with Crippen LogP contribution in [0.15, 0.2) is 22.7 Å². The number of nitrogens with zero attached hydrogens (tertiary/aromatic N) is 2. The first kappa shape index (κ1) is 13.4. The fourth-order valence-electron chi connectivity index (χ4n) is 2.31. The zero-order chi connectivity index (χ0) is 13.3. The highest BCUT2D eigenvalue weighted by atomic mass is 79.9. The van der Waals surface area contributed by atoms with Crippen LogP contribution in [0.1, 0.15) is 17.3 Å². The van der Waals surface area contributed by atoms with E-state index in [1.165, 1.54) is 0 Å². The molecule has 1 aromatic rings. The van der Waals surface area contributed by atoms with Crippen molar-refractivity contribution < 1.29 is 4.79 Å². The molecule has 18 heavy (non-hydrogen) atoms. The van der Waals surface area contributed by atoms with Gasteiger partial charge in [-0.3, -0.25) is 4.79 Å². The lowest BCUT2D eigenvalue weighted by Crippen LogP contribution is -2.52. The number of carbonyl (C=O) groups is 1. The largest absolute Gasteiger partial charge is 0.398 e. The van der Waals surface area contributed by atoms with Crippen molar-refractivity contribution >= 4 is 27.5 Å². The Morgan fingerprint density at radius 3 is 2.83 bits per heavy atom. The summed E-state index contributed by atoms with van der Waals surface area (Å²) >= 11 is 3.38. The van der Waals surface area contributed by atoms with Gasteiger partial charge in [-0.05, 0) is 32.2 Å². The number of rotatable bonds is 1. The van der Waals surface area contributed by atoms with Crippen LogP contribution >= 0.6 is 15.9 Å². The number of nitrogens with two attached hydrogens (primary N) is 1. The van der Waals surface area contributed by atoms with Crippen LogP contribution in [-0.2, 0) is 0 Å². The average molecular weight is 312 g/mol. The molecule has 0 radical (unpaired) electrons. The van der Waals surface area contributed by atoms with Gasteiger partial charge in [0, 0.05) is 35.8 Å². The molecule has 4 nitrogen and oxygen atoms in total. The number of hydrogen-bond donors (Lipinski definition) is 1. The first-order chi connectivity index (χ1) is 8.49. The SMILES string of the molecule is CC1CN(C)CCN1C(=O)c1cc(Br)ccc1N. The van der Waals surface area contributed by atoms with E-state index in [0.717, 1.165) is 24.1 Å². The highest BCUT2D eigenvalue weighted by Gasteiger charge is 2.27. The molecule has 0 aromatic heterocycles. The quantitative estimate of drug-likeness (QED) is 0.805. The number of halogens is 1. The summed E-state index contributed by atoms with van der Waals surface area (Å²) in [6, 6.07) is 5.62. The molecule has 1 amide bonds. The minimum Gasteiger partial charge on any atom is -0.398 e. The van der Waals surface area contributed by atoms with Crippen molar-refractivity contribution in [3.8, 4) is 0 Å². The average Bonchev–Trinajstić information content (AvgIpc) is 2.31. The normalized spacial score (nSPS) is 21.1. The van der Waals surface area contributed by atoms with E-state index in [2.05, 4.69) is 34.8 Å². The molecule has 1 unspecified atom stereocenters. The third kappa shape index (κ3) is 2.67. The number of benzene rings is 1. The topological polar surface area (TPSA) is 49.6 Å². The monoisotopic (exact) mass is 311 g/mol. The Balaban J connectivity index is 2.23. The first-order valence-electron chi connectivity index (χ1n) is 6.03. The van der Waals surface area contributed by atoms with Crippen LogP contribution in [0.5, 0.6) is 0 Å². The van der Waals surface area contributed by atoms with Crippen molar-refractivity contribution in [3.63, 3.8) is 0 Å². The van der Waals surface area contributed by atoms with Crippen LogP contribution in [0.25, 0.3) is 0 Å². The van der Waals surface area contributed by atoms with Crippen LogP contribution in [0.3, 0.4) is 0 Å². The van der Waals surface area contributed by atoms with Gasteiger partial charge < -0.3 is 15.5 Å². The van der Waals surface area contributed by atoms with E-state index in [4.69, 9.17) is 5.73 Å². The predicted molar refractivity (Wildman–Crippen MR) is 76.5 cm³/mol. The predicted octanol–water partition coefficient (Wildman–Crippen LogP) is 1.81. The van der Waals surface area contributed by atoms with Crippen LogP contribution in [0.4, 0.5) is 5.69 Å². The van der Waals surface area contributed by atoms with Gasteiger partial charge in [0.2, 0.25) is 0 Å². The molecule has 1 aliphatic rings. The lowest BCUT2D eigenvalue weighted by atomic mass is 10.1. The second-order valence-electron chi connectivity index (χ2n) is 4.84. The molecule has 2 N–H and O–H groups in total. The number of piperazine rings is 1. The van der Waals surface area contributed by atoms with Crippen LogP contribution in [0.2, 0.25) is 0 Å². The van der Waals surface area contributed by atoms with Gasteiger partial charge in [-0.1, -0.05) is 15.9 Å². The first-order valence-corrected chi connectivity index (χ1v) is 6.83. The minimum absolute atomic E-state index is 0.0226. The van der Waals surface area contributed by atoms with Gasteiger partial charge in [0.25, 0.3) is 5.91 Å². The second kappa shape index (κ2) is 5.28. The van der Waals surface area contributed by atoms with Gasteiger partial charge in [-0.2, -0.15) is 0 Å². The number of likely N-dealkylation sites (N-methyl/N-ethyl adjacent to an activating group) is 1. The Labute approximate surface area is 116 Å². The Kier molecular flexibility index (Phi) is 3.92. The summed E-state index contributed by atoms with van der Waals surface area (Å²) in [4.78, 5) is 16.6. The van der Waals surface area contributed by atoms with E-state index in [9.17, 15) is 4.79 Å². The van der Waals surface area contributed by atoms with E-state index < -0.39 is 0 Å².